The van der Waals surface area contributed by atoms with Crippen LogP contribution in [0, 0.1) is 6.92 Å². The van der Waals surface area contributed by atoms with E-state index in [1.165, 1.54) is 7.11 Å². The molecule has 0 radical (unpaired) electrons. The van der Waals surface area contributed by atoms with Crippen molar-refractivity contribution in [2.45, 2.75) is 13.3 Å². The third-order valence-electron chi connectivity index (χ3n) is 3.37. The summed E-state index contributed by atoms with van der Waals surface area (Å²) in [5, 5.41) is 9.27. The fourth-order valence-corrected chi connectivity index (χ4v) is 3.06. The number of ether oxygens (including phenoxy) is 1. The predicted molar refractivity (Wildman–Crippen MR) is 85.1 cm³/mol. The fraction of sp³-hybridized carbons (Fsp3) is 0.267. The van der Waals surface area contributed by atoms with Crippen LogP contribution in [0.5, 0.6) is 0 Å². The topological polar surface area (TPSA) is 68.5 Å². The Morgan fingerprint density at radius 2 is 2.23 bits per heavy atom. The summed E-state index contributed by atoms with van der Waals surface area (Å²) in [7, 11) is 1.35. The van der Waals surface area contributed by atoms with E-state index < -0.39 is 6.09 Å². The van der Waals surface area contributed by atoms with E-state index in [0.717, 1.165) is 27.6 Å². The highest BCUT2D eigenvalue weighted by Gasteiger charge is 2.12. The van der Waals surface area contributed by atoms with Gasteiger partial charge in [0.1, 0.15) is 0 Å². The van der Waals surface area contributed by atoms with Crippen LogP contribution >= 0.6 is 11.3 Å². The maximum Gasteiger partial charge on any atom is 0.406 e. The lowest BCUT2D eigenvalue weighted by Gasteiger charge is -2.02. The largest absolute Gasteiger partial charge is 0.453 e. The third kappa shape index (κ3) is 2.80. The molecule has 3 rings (SSSR count). The van der Waals surface area contributed by atoms with Crippen LogP contribution in [-0.4, -0.2) is 34.3 Å². The molecule has 3 aromatic rings. The Morgan fingerprint density at radius 1 is 1.41 bits per heavy atom. The zero-order valence-corrected chi connectivity index (χ0v) is 13.2. The molecule has 22 heavy (non-hydrogen) atoms. The Kier molecular flexibility index (Phi) is 4.06. The van der Waals surface area contributed by atoms with Crippen molar-refractivity contribution in [2.75, 3.05) is 13.7 Å². The quantitative estimate of drug-likeness (QED) is 0.803. The molecule has 7 heteroatoms. The number of nitrogens with one attached hydrogen (secondary N) is 1. The summed E-state index contributed by atoms with van der Waals surface area (Å²) in [5.74, 6) is 0.729. The number of rotatable bonds is 4. The Morgan fingerprint density at radius 3 is 3.00 bits per heavy atom. The van der Waals surface area contributed by atoms with Crippen molar-refractivity contribution in [3.8, 4) is 11.4 Å². The molecular weight excluding hydrogens is 300 g/mol. The predicted octanol–water partition coefficient (Wildman–Crippen LogP) is 2.66. The summed E-state index contributed by atoms with van der Waals surface area (Å²) in [4.78, 5) is 16.5. The second-order valence-electron chi connectivity index (χ2n) is 4.84. The molecule has 0 unspecified atom stereocenters. The molecule has 1 amide bonds. The summed E-state index contributed by atoms with van der Waals surface area (Å²) in [5.41, 5.74) is 3.20. The maximum atomic E-state index is 11.1. The van der Waals surface area contributed by atoms with Crippen LogP contribution in [0.25, 0.3) is 16.3 Å². The zero-order valence-electron chi connectivity index (χ0n) is 12.4. The first-order valence-electron chi connectivity index (χ1n) is 6.90. The van der Waals surface area contributed by atoms with E-state index in [1.54, 1.807) is 11.3 Å². The van der Waals surface area contributed by atoms with E-state index in [-0.39, 0.29) is 0 Å². The van der Waals surface area contributed by atoms with Crippen molar-refractivity contribution in [3.05, 3.63) is 40.9 Å². The molecule has 0 aliphatic rings. The van der Waals surface area contributed by atoms with Gasteiger partial charge in [-0.15, -0.1) is 16.4 Å². The molecule has 0 bridgehead atoms. The Hall–Kier alpha value is -2.41. The normalized spacial score (nSPS) is 10.8. The lowest BCUT2D eigenvalue weighted by molar-refractivity contribution is 0.171. The summed E-state index contributed by atoms with van der Waals surface area (Å²) in [6.45, 7) is 2.55. The summed E-state index contributed by atoms with van der Waals surface area (Å²) < 4.78 is 6.39. The monoisotopic (exact) mass is 316 g/mol. The number of benzene rings is 1. The highest BCUT2D eigenvalue weighted by atomic mass is 32.1. The van der Waals surface area contributed by atoms with E-state index >= 15 is 0 Å². The van der Waals surface area contributed by atoms with Crippen LogP contribution in [0.2, 0.25) is 0 Å². The number of nitrogens with zero attached hydrogens (tertiary/aromatic N) is 3. The molecule has 0 saturated heterocycles. The van der Waals surface area contributed by atoms with Crippen LogP contribution in [0.1, 0.15) is 11.3 Å². The van der Waals surface area contributed by atoms with E-state index in [2.05, 4.69) is 20.1 Å². The number of alkyl carbamates (subject to hydrolysis) is 1. The van der Waals surface area contributed by atoms with Gasteiger partial charge in [0, 0.05) is 23.9 Å². The molecule has 0 spiro atoms. The zero-order chi connectivity index (χ0) is 15.5. The lowest BCUT2D eigenvalue weighted by Crippen LogP contribution is -2.25. The molecule has 6 nitrogen and oxygen atoms in total. The molecule has 0 aliphatic carbocycles. The number of aromatic nitrogens is 3. The molecule has 0 atom stereocenters. The van der Waals surface area contributed by atoms with Gasteiger partial charge in [0.2, 0.25) is 4.96 Å². The van der Waals surface area contributed by atoms with Crippen molar-refractivity contribution >= 4 is 22.4 Å². The van der Waals surface area contributed by atoms with Gasteiger partial charge in [-0.25, -0.2) is 9.31 Å². The number of carbonyl (C=O) groups is 1. The average molecular weight is 316 g/mol. The second kappa shape index (κ2) is 6.15. The average Bonchev–Trinajstić information content (AvgIpc) is 3.09. The Bertz CT molecular complexity index is 809. The van der Waals surface area contributed by atoms with Crippen molar-refractivity contribution in [3.63, 3.8) is 0 Å². The van der Waals surface area contributed by atoms with Gasteiger partial charge in [-0.1, -0.05) is 24.3 Å². The highest BCUT2D eigenvalue weighted by molar-refractivity contribution is 7.15. The summed E-state index contributed by atoms with van der Waals surface area (Å²) in [6, 6.07) is 8.05. The van der Waals surface area contributed by atoms with Crippen LogP contribution < -0.4 is 5.32 Å². The van der Waals surface area contributed by atoms with E-state index in [0.29, 0.717) is 13.0 Å². The standard InChI is InChI=1S/C15H16N4O2S/c1-10-5-3-4-6-12(10)13-17-14-19(18-13)11(9-22-14)7-8-16-15(20)21-2/h3-6,9H,7-8H2,1-2H3,(H,16,20). The Labute approximate surface area is 131 Å². The van der Waals surface area contributed by atoms with E-state index in [9.17, 15) is 4.79 Å². The highest BCUT2D eigenvalue weighted by Crippen LogP contribution is 2.23. The minimum atomic E-state index is -0.425. The molecule has 1 aromatic carbocycles. The van der Waals surface area contributed by atoms with Gasteiger partial charge in [-0.2, -0.15) is 4.98 Å². The van der Waals surface area contributed by atoms with Crippen LogP contribution in [0.4, 0.5) is 4.79 Å². The van der Waals surface area contributed by atoms with Crippen molar-refractivity contribution < 1.29 is 9.53 Å². The van der Waals surface area contributed by atoms with E-state index in [1.807, 2.05) is 41.1 Å². The first-order chi connectivity index (χ1) is 10.7. The molecule has 0 fully saturated rings. The summed E-state index contributed by atoms with van der Waals surface area (Å²) >= 11 is 1.55. The molecule has 1 N–H and O–H groups in total. The van der Waals surface area contributed by atoms with Gasteiger partial charge in [0.15, 0.2) is 5.82 Å². The molecule has 2 heterocycles. The lowest BCUT2D eigenvalue weighted by atomic mass is 10.1. The number of thiazole rings is 1. The minimum Gasteiger partial charge on any atom is -0.453 e. The van der Waals surface area contributed by atoms with Crippen LogP contribution in [-0.2, 0) is 11.2 Å². The number of fused-ring (bicyclic) bond motifs is 1. The molecular formula is C15H16N4O2S. The molecule has 2 aromatic heterocycles. The third-order valence-corrected chi connectivity index (χ3v) is 4.24. The Balaban J connectivity index is 1.83. The summed E-state index contributed by atoms with van der Waals surface area (Å²) in [6.07, 6.45) is 0.247. The van der Waals surface area contributed by atoms with Crippen LogP contribution in [0.3, 0.4) is 0 Å². The van der Waals surface area contributed by atoms with Gasteiger partial charge < -0.3 is 10.1 Å². The number of methoxy groups -OCH3 is 1. The number of hydrogen-bond donors (Lipinski definition) is 1. The first-order valence-corrected chi connectivity index (χ1v) is 7.78. The number of aryl methyl sites for hydroxylation is 1. The van der Waals surface area contributed by atoms with E-state index in [4.69, 9.17) is 0 Å². The van der Waals surface area contributed by atoms with Gasteiger partial charge in [0.25, 0.3) is 0 Å². The SMILES string of the molecule is COC(=O)NCCc1csc2nc(-c3ccccc3C)nn12. The number of amides is 1. The first kappa shape index (κ1) is 14.5. The van der Waals surface area contributed by atoms with Gasteiger partial charge in [-0.05, 0) is 12.5 Å². The van der Waals surface area contributed by atoms with Gasteiger partial charge in [0.05, 0.1) is 12.8 Å². The molecule has 0 saturated carbocycles. The van der Waals surface area contributed by atoms with Crippen molar-refractivity contribution in [1.82, 2.24) is 19.9 Å². The fourth-order valence-electron chi connectivity index (χ4n) is 2.20. The van der Waals surface area contributed by atoms with Crippen molar-refractivity contribution in [2.24, 2.45) is 0 Å². The molecule has 114 valence electrons. The maximum absolute atomic E-state index is 11.1. The van der Waals surface area contributed by atoms with Crippen LogP contribution in [0.15, 0.2) is 29.6 Å². The van der Waals surface area contributed by atoms with Gasteiger partial charge in [-0.3, -0.25) is 0 Å². The smallest absolute Gasteiger partial charge is 0.406 e. The number of carbonyl (C=O) groups excluding carboxylic acids is 1. The second-order valence-corrected chi connectivity index (χ2v) is 5.68. The number of hydrogen-bond acceptors (Lipinski definition) is 5. The minimum absolute atomic E-state index is 0.425. The molecule has 0 aliphatic heterocycles. The van der Waals surface area contributed by atoms with Gasteiger partial charge >= 0.3 is 6.09 Å². The van der Waals surface area contributed by atoms with Crippen molar-refractivity contribution in [1.29, 1.82) is 0 Å².